The van der Waals surface area contributed by atoms with Crippen LogP contribution in [0.15, 0.2) is 24.3 Å². The molecule has 1 heteroatoms. The topological polar surface area (TPSA) is 3.24 Å². The van der Waals surface area contributed by atoms with Gasteiger partial charge in [-0.15, -0.1) is 0 Å². The molecule has 0 amide bonds. The molecule has 4 rings (SSSR count). The first-order valence-corrected chi connectivity index (χ1v) is 10.4. The first kappa shape index (κ1) is 16.6. The van der Waals surface area contributed by atoms with Gasteiger partial charge in [-0.25, -0.2) is 0 Å². The summed E-state index contributed by atoms with van der Waals surface area (Å²) in [6.45, 7) is 10.2. The summed E-state index contributed by atoms with van der Waals surface area (Å²) in [5.74, 6) is 2.64. The first-order valence-electron chi connectivity index (χ1n) is 10.4. The van der Waals surface area contributed by atoms with Gasteiger partial charge in [0.1, 0.15) is 0 Å². The fraction of sp³-hybridized carbons (Fsp3) is 0.739. The number of hydrogen-bond donors (Lipinski definition) is 0. The second-order valence-electron chi connectivity index (χ2n) is 9.26. The van der Waals surface area contributed by atoms with E-state index >= 15 is 0 Å². The maximum absolute atomic E-state index is 2.88. The van der Waals surface area contributed by atoms with Crippen molar-refractivity contribution in [2.24, 2.45) is 17.8 Å². The Morgan fingerprint density at radius 3 is 2.71 bits per heavy atom. The molecule has 1 saturated carbocycles. The number of piperidine rings is 1. The monoisotopic (exact) mass is 325 g/mol. The van der Waals surface area contributed by atoms with E-state index in [-0.39, 0.29) is 0 Å². The molecule has 0 N–H and O–H groups in total. The summed E-state index contributed by atoms with van der Waals surface area (Å²) in [5, 5.41) is 0. The Bertz CT molecular complexity index is 573. The summed E-state index contributed by atoms with van der Waals surface area (Å²) in [4.78, 5) is 2.88. The van der Waals surface area contributed by atoms with Gasteiger partial charge in [-0.2, -0.15) is 0 Å². The summed E-state index contributed by atoms with van der Waals surface area (Å²) >= 11 is 0. The lowest BCUT2D eigenvalue weighted by molar-refractivity contribution is 0.0144. The Morgan fingerprint density at radius 2 is 1.92 bits per heavy atom. The molecule has 1 nitrogen and oxygen atoms in total. The summed E-state index contributed by atoms with van der Waals surface area (Å²) in [6, 6.07) is 10.0. The third kappa shape index (κ3) is 2.73. The van der Waals surface area contributed by atoms with Gasteiger partial charge in [0, 0.05) is 12.6 Å². The molecular weight excluding hydrogens is 290 g/mol. The van der Waals surface area contributed by atoms with Gasteiger partial charge >= 0.3 is 0 Å². The van der Waals surface area contributed by atoms with Crippen LogP contribution in [0.4, 0.5) is 0 Å². The normalized spacial score (nSPS) is 35.5. The largest absolute Gasteiger partial charge is 0.299 e. The van der Waals surface area contributed by atoms with E-state index in [2.05, 4.69) is 49.9 Å². The fourth-order valence-corrected chi connectivity index (χ4v) is 6.13. The van der Waals surface area contributed by atoms with Crippen molar-refractivity contribution >= 4 is 0 Å². The third-order valence-corrected chi connectivity index (χ3v) is 8.01. The number of rotatable bonds is 3. The Hall–Kier alpha value is -0.820. The highest BCUT2D eigenvalue weighted by atomic mass is 15.2. The van der Waals surface area contributed by atoms with Crippen molar-refractivity contribution in [2.45, 2.75) is 77.2 Å². The van der Waals surface area contributed by atoms with E-state index in [9.17, 15) is 0 Å². The predicted molar refractivity (Wildman–Crippen MR) is 102 cm³/mol. The first-order chi connectivity index (χ1) is 11.6. The van der Waals surface area contributed by atoms with Gasteiger partial charge in [0.2, 0.25) is 0 Å². The molecule has 0 aromatic heterocycles. The molecular formula is C23H35N. The fourth-order valence-electron chi connectivity index (χ4n) is 6.13. The van der Waals surface area contributed by atoms with Gasteiger partial charge in [-0.05, 0) is 53.7 Å². The number of likely N-dealkylation sites (tertiary alicyclic amines) is 1. The molecule has 4 unspecified atom stereocenters. The van der Waals surface area contributed by atoms with Crippen molar-refractivity contribution in [3.8, 4) is 0 Å². The molecule has 0 spiro atoms. The third-order valence-electron chi connectivity index (χ3n) is 8.01. The van der Waals surface area contributed by atoms with E-state index in [0.717, 1.165) is 23.8 Å². The molecule has 1 aromatic rings. The van der Waals surface area contributed by atoms with Crippen molar-refractivity contribution in [3.05, 3.63) is 35.4 Å². The van der Waals surface area contributed by atoms with E-state index in [1.54, 1.807) is 11.1 Å². The van der Waals surface area contributed by atoms with E-state index in [1.165, 1.54) is 58.0 Å². The van der Waals surface area contributed by atoms with Crippen LogP contribution in [0, 0.1) is 17.8 Å². The zero-order chi connectivity index (χ0) is 16.7. The minimum Gasteiger partial charge on any atom is -0.299 e. The van der Waals surface area contributed by atoms with Crippen LogP contribution >= 0.6 is 0 Å². The molecule has 2 fully saturated rings. The van der Waals surface area contributed by atoms with Gasteiger partial charge in [0.05, 0.1) is 0 Å². The predicted octanol–water partition coefficient (Wildman–Crippen LogP) is 5.43. The quantitative estimate of drug-likeness (QED) is 0.716. The van der Waals surface area contributed by atoms with E-state index in [1.807, 2.05) is 0 Å². The van der Waals surface area contributed by atoms with Crippen LogP contribution in [0.25, 0.3) is 0 Å². The molecule has 1 aromatic carbocycles. The Kier molecular flexibility index (Phi) is 4.49. The average molecular weight is 326 g/mol. The van der Waals surface area contributed by atoms with Crippen LogP contribution in [0.1, 0.15) is 70.4 Å². The average Bonchev–Trinajstić information content (AvgIpc) is 2.61. The minimum atomic E-state index is 0.393. The van der Waals surface area contributed by atoms with Crippen molar-refractivity contribution in [3.63, 3.8) is 0 Å². The smallest absolute Gasteiger partial charge is 0.0170 e. The van der Waals surface area contributed by atoms with Crippen LogP contribution < -0.4 is 0 Å². The van der Waals surface area contributed by atoms with E-state index in [0.29, 0.717) is 5.41 Å². The highest BCUT2D eigenvalue weighted by Gasteiger charge is 2.48. The summed E-state index contributed by atoms with van der Waals surface area (Å²) in [6.07, 6.45) is 9.98. The number of fused-ring (bicyclic) bond motifs is 4. The molecule has 4 atom stereocenters. The molecule has 132 valence electrons. The maximum Gasteiger partial charge on any atom is 0.0170 e. The van der Waals surface area contributed by atoms with Crippen molar-refractivity contribution < 1.29 is 0 Å². The molecule has 1 aliphatic heterocycles. The Balaban J connectivity index is 1.52. The highest BCUT2D eigenvalue weighted by Crippen LogP contribution is 2.48. The molecule has 24 heavy (non-hydrogen) atoms. The van der Waals surface area contributed by atoms with Crippen LogP contribution in [0.5, 0.6) is 0 Å². The van der Waals surface area contributed by atoms with Crippen LogP contribution in [0.3, 0.4) is 0 Å². The number of nitrogens with zero attached hydrogens (tertiary/aromatic N) is 1. The highest BCUT2D eigenvalue weighted by molar-refractivity contribution is 5.39. The maximum atomic E-state index is 2.88. The SMILES string of the molecule is CC(CN1CCC2(C)c3ccccc3CC1C2C)C1CCCCC1. The van der Waals surface area contributed by atoms with Gasteiger partial charge in [0.15, 0.2) is 0 Å². The zero-order valence-corrected chi connectivity index (χ0v) is 15.9. The van der Waals surface area contributed by atoms with Gasteiger partial charge in [-0.3, -0.25) is 4.90 Å². The summed E-state index contributed by atoms with van der Waals surface area (Å²) in [7, 11) is 0. The molecule has 3 aliphatic rings. The minimum absolute atomic E-state index is 0.393. The Morgan fingerprint density at radius 1 is 1.17 bits per heavy atom. The van der Waals surface area contributed by atoms with Gasteiger partial charge in [-0.1, -0.05) is 77.1 Å². The molecule has 2 bridgehead atoms. The van der Waals surface area contributed by atoms with Crippen LogP contribution in [-0.2, 0) is 11.8 Å². The van der Waals surface area contributed by atoms with Crippen molar-refractivity contribution in [1.29, 1.82) is 0 Å². The molecule has 0 radical (unpaired) electrons. The lowest BCUT2D eigenvalue weighted by Gasteiger charge is -2.55. The zero-order valence-electron chi connectivity index (χ0n) is 15.9. The lowest BCUT2D eigenvalue weighted by atomic mass is 9.59. The van der Waals surface area contributed by atoms with Gasteiger partial charge < -0.3 is 0 Å². The van der Waals surface area contributed by atoms with E-state index in [4.69, 9.17) is 0 Å². The van der Waals surface area contributed by atoms with Gasteiger partial charge in [0.25, 0.3) is 0 Å². The summed E-state index contributed by atoms with van der Waals surface area (Å²) in [5.41, 5.74) is 3.66. The van der Waals surface area contributed by atoms with Crippen molar-refractivity contribution in [1.82, 2.24) is 4.90 Å². The number of hydrogen-bond acceptors (Lipinski definition) is 1. The van der Waals surface area contributed by atoms with E-state index < -0.39 is 0 Å². The molecule has 1 heterocycles. The second kappa shape index (κ2) is 6.48. The molecule has 2 aliphatic carbocycles. The second-order valence-corrected chi connectivity index (χ2v) is 9.26. The van der Waals surface area contributed by atoms with Crippen LogP contribution in [-0.4, -0.2) is 24.0 Å². The lowest BCUT2D eigenvalue weighted by Crippen LogP contribution is -2.58. The summed E-state index contributed by atoms with van der Waals surface area (Å²) < 4.78 is 0. The molecule has 1 saturated heterocycles. The van der Waals surface area contributed by atoms with Crippen LogP contribution in [0.2, 0.25) is 0 Å². The standard InChI is InChI=1S/C23H35N/c1-17(19-9-5-4-6-10-19)16-24-14-13-23(3)18(2)22(24)15-20-11-7-8-12-21(20)23/h7-8,11-12,17-19,22H,4-6,9-10,13-16H2,1-3H3. The van der Waals surface area contributed by atoms with Crippen molar-refractivity contribution in [2.75, 3.05) is 13.1 Å². The Labute approximate surface area is 148 Å². The number of benzene rings is 1.